The number of aromatic nitrogens is 2. The highest BCUT2D eigenvalue weighted by Crippen LogP contribution is 2.26. The van der Waals surface area contributed by atoms with Crippen LogP contribution in [-0.2, 0) is 14.0 Å². The average Bonchev–Trinajstić information content (AvgIpc) is 2.87. The van der Waals surface area contributed by atoms with E-state index in [0.29, 0.717) is 0 Å². The van der Waals surface area contributed by atoms with Crippen LogP contribution in [0.3, 0.4) is 0 Å². The van der Waals surface area contributed by atoms with Crippen molar-refractivity contribution in [3.63, 3.8) is 0 Å². The molecule has 0 bridgehead atoms. The second kappa shape index (κ2) is 5.50. The van der Waals surface area contributed by atoms with Crippen molar-refractivity contribution in [2.24, 2.45) is 0 Å². The first-order chi connectivity index (χ1) is 9.53. The van der Waals surface area contributed by atoms with Gasteiger partial charge in [0.05, 0.1) is 5.60 Å². The van der Waals surface area contributed by atoms with E-state index in [1.54, 1.807) is 0 Å². The van der Waals surface area contributed by atoms with Gasteiger partial charge in [0.15, 0.2) is 0 Å². The van der Waals surface area contributed by atoms with E-state index >= 15 is 0 Å². The molecule has 5 nitrogen and oxygen atoms in total. The number of nitrogens with zero attached hydrogens (tertiary/aromatic N) is 2. The third kappa shape index (κ3) is 3.08. The zero-order valence-electron chi connectivity index (χ0n) is 12.5. The molecule has 0 aliphatic carbocycles. The highest BCUT2D eigenvalue weighted by atomic mass is 16.6. The lowest BCUT2D eigenvalue weighted by atomic mass is 9.77. The van der Waals surface area contributed by atoms with Gasteiger partial charge in [-0.15, -0.1) is 0 Å². The fraction of sp³-hybridized carbons (Fsp3) is 0.786. The maximum atomic E-state index is 6.01. The summed E-state index contributed by atoms with van der Waals surface area (Å²) in [5, 5.41) is 4.42. The van der Waals surface area contributed by atoms with Gasteiger partial charge in [-0.05, 0) is 46.5 Å². The minimum Gasteiger partial charge on any atom is -0.405 e. The topological polar surface area (TPSA) is 45.5 Å². The molecule has 2 fully saturated rings. The van der Waals surface area contributed by atoms with E-state index in [-0.39, 0.29) is 25.1 Å². The van der Waals surface area contributed by atoms with Crippen LogP contribution in [-0.4, -0.2) is 35.2 Å². The van der Waals surface area contributed by atoms with Gasteiger partial charge in [-0.25, -0.2) is 4.68 Å². The molecule has 0 unspecified atom stereocenters. The van der Waals surface area contributed by atoms with E-state index in [1.165, 1.54) is 6.42 Å². The highest BCUT2D eigenvalue weighted by molar-refractivity contribution is 6.61. The van der Waals surface area contributed by atoms with Crippen LogP contribution in [0, 0.1) is 0 Å². The Balaban J connectivity index is 1.72. The molecule has 1 aromatic rings. The molecule has 0 radical (unpaired) electrons. The van der Waals surface area contributed by atoms with E-state index in [2.05, 4.69) is 25.9 Å². The van der Waals surface area contributed by atoms with Crippen LogP contribution in [0.25, 0.3) is 0 Å². The van der Waals surface area contributed by atoms with E-state index in [0.717, 1.165) is 31.3 Å². The van der Waals surface area contributed by atoms with Gasteiger partial charge in [-0.2, -0.15) is 5.10 Å². The minimum absolute atomic E-state index is 0.0616. The Morgan fingerprint density at radius 1 is 1.40 bits per heavy atom. The first-order valence-electron chi connectivity index (χ1n) is 7.52. The van der Waals surface area contributed by atoms with Crippen LogP contribution in [0.4, 0.5) is 0 Å². The lowest BCUT2D eigenvalue weighted by Crippen LogP contribution is -2.51. The Morgan fingerprint density at radius 3 is 2.95 bits per heavy atom. The first-order valence-corrected chi connectivity index (χ1v) is 7.52. The Hall–Kier alpha value is -0.845. The van der Waals surface area contributed by atoms with Gasteiger partial charge in [0.25, 0.3) is 0 Å². The molecule has 0 saturated carbocycles. The van der Waals surface area contributed by atoms with Crippen LogP contribution >= 0.6 is 0 Å². The number of hydrogen-bond donors (Lipinski definition) is 0. The molecule has 2 saturated heterocycles. The quantitative estimate of drug-likeness (QED) is 0.775. The maximum Gasteiger partial charge on any atom is 0.497 e. The van der Waals surface area contributed by atoms with Crippen LogP contribution in [0.5, 0.6) is 0 Å². The summed E-state index contributed by atoms with van der Waals surface area (Å²) in [4.78, 5) is 0. The summed E-state index contributed by atoms with van der Waals surface area (Å²) in [7, 11) is -0.328. The molecule has 0 N–H and O–H groups in total. The van der Waals surface area contributed by atoms with Crippen LogP contribution in [0.15, 0.2) is 12.4 Å². The molecular weight excluding hydrogens is 255 g/mol. The van der Waals surface area contributed by atoms with Crippen LogP contribution in [0.2, 0.25) is 0 Å². The minimum atomic E-state index is -0.328. The molecule has 20 heavy (non-hydrogen) atoms. The van der Waals surface area contributed by atoms with Gasteiger partial charge in [0.2, 0.25) is 0 Å². The van der Waals surface area contributed by atoms with Gasteiger partial charge in [-0.1, -0.05) is 0 Å². The highest BCUT2D eigenvalue weighted by Gasteiger charge is 2.39. The summed E-state index contributed by atoms with van der Waals surface area (Å²) < 4.78 is 19.5. The molecule has 3 heterocycles. The van der Waals surface area contributed by atoms with Gasteiger partial charge >= 0.3 is 7.12 Å². The summed E-state index contributed by atoms with van der Waals surface area (Å²) in [6, 6.07) is 0. The number of hydrogen-bond acceptors (Lipinski definition) is 4. The first kappa shape index (κ1) is 14.1. The van der Waals surface area contributed by atoms with Gasteiger partial charge < -0.3 is 14.0 Å². The molecule has 0 spiro atoms. The number of rotatable bonds is 2. The average molecular weight is 278 g/mol. The van der Waals surface area contributed by atoms with Crippen molar-refractivity contribution in [2.75, 3.05) is 6.61 Å². The maximum absolute atomic E-state index is 6.01. The second-order valence-electron chi connectivity index (χ2n) is 6.44. The monoisotopic (exact) mass is 278 g/mol. The Bertz CT molecular complexity index is 457. The van der Waals surface area contributed by atoms with E-state index in [4.69, 9.17) is 14.0 Å². The van der Waals surface area contributed by atoms with Crippen LogP contribution < -0.4 is 5.46 Å². The lowest BCUT2D eigenvalue weighted by Gasteiger charge is -2.37. The SMILES string of the molecule is C[C@@H]1CC(C)(C)OB(c2cnn([C@H]3CCCCO3)c2)O1. The van der Waals surface area contributed by atoms with Gasteiger partial charge in [-0.3, -0.25) is 0 Å². The van der Waals surface area contributed by atoms with E-state index < -0.39 is 0 Å². The van der Waals surface area contributed by atoms with Crippen LogP contribution in [0.1, 0.15) is 52.7 Å². The molecule has 2 aliphatic rings. The predicted molar refractivity (Wildman–Crippen MR) is 76.8 cm³/mol. The fourth-order valence-corrected chi connectivity index (χ4v) is 3.03. The molecule has 2 atom stereocenters. The summed E-state index contributed by atoms with van der Waals surface area (Å²) in [5.41, 5.74) is 0.810. The standard InChI is InChI=1S/C14H23BN2O3/c1-11-8-14(2,3)20-15(19-11)12-9-16-17(10-12)13-6-4-5-7-18-13/h9-11,13H,4-8H2,1-3H3/t11-,13-/m1/s1. The van der Waals surface area contributed by atoms with Crippen molar-refractivity contribution in [3.8, 4) is 0 Å². The predicted octanol–water partition coefficient (Wildman–Crippen LogP) is 1.88. The van der Waals surface area contributed by atoms with Crippen molar-refractivity contribution in [1.82, 2.24) is 9.78 Å². The summed E-state index contributed by atoms with van der Waals surface area (Å²) in [6.07, 6.45) is 8.35. The fourth-order valence-electron chi connectivity index (χ4n) is 3.03. The molecule has 6 heteroatoms. The second-order valence-corrected chi connectivity index (χ2v) is 6.44. The molecule has 2 aliphatic heterocycles. The zero-order valence-corrected chi connectivity index (χ0v) is 12.5. The smallest absolute Gasteiger partial charge is 0.405 e. The molecule has 3 rings (SSSR count). The van der Waals surface area contributed by atoms with Crippen molar-refractivity contribution in [3.05, 3.63) is 12.4 Å². The third-order valence-electron chi connectivity index (χ3n) is 3.91. The molecule has 1 aromatic heterocycles. The Labute approximate surface area is 120 Å². The number of ether oxygens (including phenoxy) is 1. The molecule has 0 amide bonds. The summed E-state index contributed by atoms with van der Waals surface area (Å²) >= 11 is 0. The summed E-state index contributed by atoms with van der Waals surface area (Å²) in [5.74, 6) is 0. The lowest BCUT2D eigenvalue weighted by molar-refractivity contribution is -0.0395. The van der Waals surface area contributed by atoms with Crippen molar-refractivity contribution >= 4 is 12.6 Å². The summed E-state index contributed by atoms with van der Waals surface area (Å²) in [6.45, 7) is 7.12. The van der Waals surface area contributed by atoms with Gasteiger partial charge in [0, 0.05) is 30.6 Å². The molecular formula is C14H23BN2O3. The normalized spacial score (nSPS) is 30.4. The van der Waals surface area contributed by atoms with Crippen molar-refractivity contribution < 1.29 is 14.0 Å². The van der Waals surface area contributed by atoms with Gasteiger partial charge in [0.1, 0.15) is 6.23 Å². The third-order valence-corrected chi connectivity index (χ3v) is 3.91. The Kier molecular flexibility index (Phi) is 3.88. The zero-order chi connectivity index (χ0) is 14.2. The van der Waals surface area contributed by atoms with Crippen molar-refractivity contribution in [2.45, 2.75) is 64.4 Å². The largest absolute Gasteiger partial charge is 0.497 e. The van der Waals surface area contributed by atoms with Crippen molar-refractivity contribution in [1.29, 1.82) is 0 Å². The molecule has 0 aromatic carbocycles. The molecule has 110 valence electrons. The van der Waals surface area contributed by atoms with E-state index in [9.17, 15) is 0 Å². The Morgan fingerprint density at radius 2 is 2.25 bits per heavy atom. The van der Waals surface area contributed by atoms with E-state index in [1.807, 2.05) is 17.1 Å².